The molecular formula is C16H25NO2. The normalized spacial score (nSPS) is 12.0. The minimum atomic E-state index is -0.290. The van der Waals surface area contributed by atoms with Crippen molar-refractivity contribution < 1.29 is 9.53 Å². The van der Waals surface area contributed by atoms with E-state index in [9.17, 15) is 4.79 Å². The molecule has 0 spiro atoms. The van der Waals surface area contributed by atoms with Gasteiger partial charge in [-0.3, -0.25) is 0 Å². The van der Waals surface area contributed by atoms with Crippen LogP contribution in [-0.2, 0) is 4.74 Å². The highest BCUT2D eigenvalue weighted by Gasteiger charge is 2.09. The molecule has 0 heterocycles. The highest BCUT2D eigenvalue weighted by molar-refractivity contribution is 5.90. The molecule has 0 bridgehead atoms. The van der Waals surface area contributed by atoms with Crippen molar-refractivity contribution in [2.45, 2.75) is 52.5 Å². The summed E-state index contributed by atoms with van der Waals surface area (Å²) in [6.45, 7) is 6.43. The van der Waals surface area contributed by atoms with Crippen molar-refractivity contribution in [1.82, 2.24) is 0 Å². The fraction of sp³-hybridized carbons (Fsp3) is 0.562. The Kier molecular flexibility index (Phi) is 6.40. The van der Waals surface area contributed by atoms with Gasteiger partial charge in [0.2, 0.25) is 0 Å². The number of ether oxygens (including phenoxy) is 1. The minimum absolute atomic E-state index is 0.290. The topological polar surface area (TPSA) is 38.3 Å². The fourth-order valence-electron chi connectivity index (χ4n) is 2.06. The molecule has 0 aliphatic heterocycles. The van der Waals surface area contributed by atoms with Gasteiger partial charge in [0.1, 0.15) is 0 Å². The molecule has 0 fully saturated rings. The summed E-state index contributed by atoms with van der Waals surface area (Å²) < 4.78 is 4.75. The molecule has 1 atom stereocenters. The Morgan fingerprint density at radius 1 is 1.37 bits per heavy atom. The lowest BCUT2D eigenvalue weighted by Gasteiger charge is -2.17. The molecular weight excluding hydrogens is 238 g/mol. The average Bonchev–Trinajstić information content (AvgIpc) is 2.40. The van der Waals surface area contributed by atoms with Gasteiger partial charge in [-0.2, -0.15) is 0 Å². The molecule has 19 heavy (non-hydrogen) atoms. The molecule has 1 rings (SSSR count). The van der Waals surface area contributed by atoms with E-state index in [1.807, 2.05) is 19.1 Å². The third-order valence-electron chi connectivity index (χ3n) is 3.30. The Balaban J connectivity index is 2.68. The van der Waals surface area contributed by atoms with E-state index < -0.39 is 0 Å². The highest BCUT2D eigenvalue weighted by Crippen LogP contribution is 2.19. The van der Waals surface area contributed by atoms with Crippen molar-refractivity contribution in [2.75, 3.05) is 12.4 Å². The Morgan fingerprint density at radius 3 is 2.74 bits per heavy atom. The van der Waals surface area contributed by atoms with Crippen molar-refractivity contribution in [3.63, 3.8) is 0 Å². The van der Waals surface area contributed by atoms with Crippen LogP contribution in [0.25, 0.3) is 0 Å². The van der Waals surface area contributed by atoms with E-state index in [0.717, 1.165) is 17.7 Å². The van der Waals surface area contributed by atoms with Gasteiger partial charge in [-0.15, -0.1) is 0 Å². The number of unbranched alkanes of at least 4 members (excludes halogenated alkanes) is 2. The van der Waals surface area contributed by atoms with Gasteiger partial charge in [0.15, 0.2) is 0 Å². The first kappa shape index (κ1) is 15.5. The predicted molar refractivity (Wildman–Crippen MR) is 79.7 cm³/mol. The van der Waals surface area contributed by atoms with Crippen LogP contribution < -0.4 is 5.32 Å². The largest absolute Gasteiger partial charge is 0.465 e. The molecule has 1 aromatic carbocycles. The van der Waals surface area contributed by atoms with Crippen LogP contribution in [0, 0.1) is 6.92 Å². The third kappa shape index (κ3) is 4.93. The molecule has 3 nitrogen and oxygen atoms in total. The lowest BCUT2D eigenvalue weighted by atomic mass is 10.1. The predicted octanol–water partition coefficient (Wildman–Crippen LogP) is 4.16. The van der Waals surface area contributed by atoms with Crippen LogP contribution in [0.3, 0.4) is 0 Å². The molecule has 0 aromatic heterocycles. The molecule has 1 unspecified atom stereocenters. The number of hydrogen-bond donors (Lipinski definition) is 1. The van der Waals surface area contributed by atoms with Crippen molar-refractivity contribution >= 4 is 11.7 Å². The average molecular weight is 263 g/mol. The van der Waals surface area contributed by atoms with E-state index in [0.29, 0.717) is 11.6 Å². The molecule has 0 saturated carbocycles. The lowest BCUT2D eigenvalue weighted by Crippen LogP contribution is -2.16. The number of rotatable bonds is 7. The zero-order chi connectivity index (χ0) is 14.3. The number of esters is 1. The summed E-state index contributed by atoms with van der Waals surface area (Å²) in [5.41, 5.74) is 2.76. The second-order valence-corrected chi connectivity index (χ2v) is 5.06. The van der Waals surface area contributed by atoms with Crippen LogP contribution >= 0.6 is 0 Å². The number of benzene rings is 1. The number of aryl methyl sites for hydroxylation is 1. The van der Waals surface area contributed by atoms with Crippen LogP contribution in [0.15, 0.2) is 18.2 Å². The second kappa shape index (κ2) is 7.82. The number of carbonyl (C=O) groups excluding carboxylic acids is 1. The molecule has 3 heteroatoms. The van der Waals surface area contributed by atoms with E-state index in [4.69, 9.17) is 4.74 Å². The molecule has 0 aliphatic rings. The fourth-order valence-corrected chi connectivity index (χ4v) is 2.06. The highest BCUT2D eigenvalue weighted by atomic mass is 16.5. The van der Waals surface area contributed by atoms with Gasteiger partial charge >= 0.3 is 5.97 Å². The molecule has 106 valence electrons. The first-order chi connectivity index (χ1) is 9.08. The summed E-state index contributed by atoms with van der Waals surface area (Å²) in [5, 5.41) is 3.48. The summed E-state index contributed by atoms with van der Waals surface area (Å²) in [6, 6.07) is 6.04. The quantitative estimate of drug-likeness (QED) is 0.593. The number of methoxy groups -OCH3 is 1. The number of hydrogen-bond acceptors (Lipinski definition) is 3. The smallest absolute Gasteiger partial charge is 0.337 e. The van der Waals surface area contributed by atoms with Crippen LogP contribution in [0.1, 0.15) is 55.5 Å². The maximum Gasteiger partial charge on any atom is 0.337 e. The van der Waals surface area contributed by atoms with Gasteiger partial charge in [0.05, 0.1) is 12.7 Å². The lowest BCUT2D eigenvalue weighted by molar-refractivity contribution is 0.0601. The van der Waals surface area contributed by atoms with Crippen LogP contribution in [0.2, 0.25) is 0 Å². The van der Waals surface area contributed by atoms with E-state index in [-0.39, 0.29) is 5.97 Å². The monoisotopic (exact) mass is 263 g/mol. The molecule has 1 N–H and O–H groups in total. The first-order valence-electron chi connectivity index (χ1n) is 7.04. The Labute approximate surface area is 116 Å². The Hall–Kier alpha value is -1.51. The van der Waals surface area contributed by atoms with Crippen LogP contribution in [0.5, 0.6) is 0 Å². The second-order valence-electron chi connectivity index (χ2n) is 5.06. The van der Waals surface area contributed by atoms with Gasteiger partial charge < -0.3 is 10.1 Å². The van der Waals surface area contributed by atoms with Crippen molar-refractivity contribution in [1.29, 1.82) is 0 Å². The summed E-state index contributed by atoms with van der Waals surface area (Å²) in [6.07, 6.45) is 4.90. The zero-order valence-electron chi connectivity index (χ0n) is 12.5. The Morgan fingerprint density at radius 2 is 2.11 bits per heavy atom. The summed E-state index contributed by atoms with van der Waals surface area (Å²) in [4.78, 5) is 11.5. The van der Waals surface area contributed by atoms with Gasteiger partial charge in [-0.05, 0) is 38.0 Å². The molecule has 0 radical (unpaired) electrons. The van der Waals surface area contributed by atoms with Crippen molar-refractivity contribution in [2.24, 2.45) is 0 Å². The molecule has 1 aromatic rings. The van der Waals surface area contributed by atoms with Crippen LogP contribution in [0.4, 0.5) is 5.69 Å². The van der Waals surface area contributed by atoms with E-state index in [2.05, 4.69) is 19.2 Å². The number of carbonyl (C=O) groups is 1. The summed E-state index contributed by atoms with van der Waals surface area (Å²) in [7, 11) is 1.41. The van der Waals surface area contributed by atoms with Gasteiger partial charge in [0, 0.05) is 11.7 Å². The third-order valence-corrected chi connectivity index (χ3v) is 3.30. The number of anilines is 1. The summed E-state index contributed by atoms with van der Waals surface area (Å²) in [5.74, 6) is -0.290. The molecule has 0 amide bonds. The first-order valence-corrected chi connectivity index (χ1v) is 7.04. The van der Waals surface area contributed by atoms with Gasteiger partial charge in [0.25, 0.3) is 0 Å². The maximum absolute atomic E-state index is 11.5. The SMILES string of the molecule is CCCCCC(C)Nc1cc(C(=O)OC)ccc1C. The van der Waals surface area contributed by atoms with E-state index in [1.165, 1.54) is 26.4 Å². The van der Waals surface area contributed by atoms with Crippen LogP contribution in [-0.4, -0.2) is 19.1 Å². The van der Waals surface area contributed by atoms with Gasteiger partial charge in [-0.1, -0.05) is 32.3 Å². The standard InChI is InChI=1S/C16H25NO2/c1-5-6-7-8-13(3)17-15-11-14(16(18)19-4)10-9-12(15)2/h9-11,13,17H,5-8H2,1-4H3. The maximum atomic E-state index is 11.5. The number of nitrogens with one attached hydrogen (secondary N) is 1. The Bertz CT molecular complexity index is 415. The van der Waals surface area contributed by atoms with Crippen molar-refractivity contribution in [3.05, 3.63) is 29.3 Å². The zero-order valence-corrected chi connectivity index (χ0v) is 12.5. The van der Waals surface area contributed by atoms with E-state index in [1.54, 1.807) is 6.07 Å². The van der Waals surface area contributed by atoms with Crippen molar-refractivity contribution in [3.8, 4) is 0 Å². The van der Waals surface area contributed by atoms with E-state index >= 15 is 0 Å². The molecule has 0 aliphatic carbocycles. The minimum Gasteiger partial charge on any atom is -0.465 e. The van der Waals surface area contributed by atoms with Gasteiger partial charge in [-0.25, -0.2) is 4.79 Å². The summed E-state index contributed by atoms with van der Waals surface area (Å²) >= 11 is 0. The molecule has 0 saturated heterocycles.